The standard InChI is InChI=1S/C12H22N4O3/c1-13-10(17)8-15-12(14-2)16-6-4-9(5-7-16)11(18)19-3/h9H,4-8H2,1-3H3,(H,13,17)(H,14,15). The molecule has 0 radical (unpaired) electrons. The van der Waals surface area contributed by atoms with E-state index in [-0.39, 0.29) is 24.3 Å². The summed E-state index contributed by atoms with van der Waals surface area (Å²) in [6, 6.07) is 0. The molecule has 1 heterocycles. The van der Waals surface area contributed by atoms with Crippen molar-refractivity contribution in [2.24, 2.45) is 10.9 Å². The summed E-state index contributed by atoms with van der Waals surface area (Å²) in [6.45, 7) is 1.65. The molecule has 2 N–H and O–H groups in total. The van der Waals surface area contributed by atoms with E-state index in [0.29, 0.717) is 5.96 Å². The van der Waals surface area contributed by atoms with Gasteiger partial charge in [0.1, 0.15) is 0 Å². The Labute approximate surface area is 113 Å². The zero-order chi connectivity index (χ0) is 14.3. The van der Waals surface area contributed by atoms with E-state index < -0.39 is 0 Å². The number of hydrogen-bond donors (Lipinski definition) is 2. The molecule has 1 rings (SSSR count). The largest absolute Gasteiger partial charge is 0.469 e. The van der Waals surface area contributed by atoms with Crippen LogP contribution in [0.15, 0.2) is 4.99 Å². The number of carbonyl (C=O) groups is 2. The molecular weight excluding hydrogens is 248 g/mol. The number of nitrogens with zero attached hydrogens (tertiary/aromatic N) is 2. The fraction of sp³-hybridized carbons (Fsp3) is 0.750. The number of nitrogens with one attached hydrogen (secondary N) is 2. The van der Waals surface area contributed by atoms with Crippen LogP contribution in [-0.2, 0) is 14.3 Å². The predicted molar refractivity (Wildman–Crippen MR) is 71.7 cm³/mol. The van der Waals surface area contributed by atoms with Gasteiger partial charge in [-0.25, -0.2) is 0 Å². The minimum atomic E-state index is -0.145. The van der Waals surface area contributed by atoms with E-state index in [1.807, 2.05) is 4.90 Å². The van der Waals surface area contributed by atoms with Gasteiger partial charge in [0.05, 0.1) is 19.6 Å². The second-order valence-electron chi connectivity index (χ2n) is 4.36. The molecule has 1 aliphatic heterocycles. The number of rotatable bonds is 3. The number of aliphatic imine (C=N–C) groups is 1. The van der Waals surface area contributed by atoms with Crippen molar-refractivity contribution in [2.75, 3.05) is 40.8 Å². The molecule has 1 aliphatic rings. The summed E-state index contributed by atoms with van der Waals surface area (Å²) in [7, 11) is 4.69. The lowest BCUT2D eigenvalue weighted by Crippen LogP contribution is -2.48. The van der Waals surface area contributed by atoms with Gasteiger partial charge in [-0.15, -0.1) is 0 Å². The Morgan fingerprint density at radius 2 is 2.00 bits per heavy atom. The predicted octanol–water partition coefficient (Wildman–Crippen LogP) is -0.807. The van der Waals surface area contributed by atoms with Crippen LogP contribution < -0.4 is 10.6 Å². The molecule has 0 aromatic heterocycles. The summed E-state index contributed by atoms with van der Waals surface area (Å²) in [6.07, 6.45) is 1.49. The maximum Gasteiger partial charge on any atom is 0.308 e. The number of piperidine rings is 1. The lowest BCUT2D eigenvalue weighted by atomic mass is 9.97. The van der Waals surface area contributed by atoms with Crippen LogP contribution in [0.2, 0.25) is 0 Å². The van der Waals surface area contributed by atoms with Gasteiger partial charge in [-0.1, -0.05) is 0 Å². The van der Waals surface area contributed by atoms with Crippen LogP contribution >= 0.6 is 0 Å². The summed E-state index contributed by atoms with van der Waals surface area (Å²) in [4.78, 5) is 28.8. The van der Waals surface area contributed by atoms with Crippen molar-refractivity contribution in [3.8, 4) is 0 Å². The number of ether oxygens (including phenoxy) is 1. The Balaban J connectivity index is 2.44. The molecule has 0 aromatic carbocycles. The number of esters is 1. The van der Waals surface area contributed by atoms with Gasteiger partial charge < -0.3 is 20.3 Å². The van der Waals surface area contributed by atoms with Crippen molar-refractivity contribution < 1.29 is 14.3 Å². The first-order chi connectivity index (χ1) is 9.12. The monoisotopic (exact) mass is 270 g/mol. The molecule has 0 aromatic rings. The summed E-state index contributed by atoms with van der Waals surface area (Å²) in [5.41, 5.74) is 0. The van der Waals surface area contributed by atoms with Crippen LogP contribution in [0.3, 0.4) is 0 Å². The molecule has 0 unspecified atom stereocenters. The van der Waals surface area contributed by atoms with Gasteiger partial charge in [-0.05, 0) is 12.8 Å². The highest BCUT2D eigenvalue weighted by molar-refractivity contribution is 5.86. The van der Waals surface area contributed by atoms with E-state index in [0.717, 1.165) is 25.9 Å². The molecule has 1 saturated heterocycles. The second-order valence-corrected chi connectivity index (χ2v) is 4.36. The van der Waals surface area contributed by atoms with Gasteiger partial charge in [0, 0.05) is 27.2 Å². The molecule has 7 heteroatoms. The quantitative estimate of drug-likeness (QED) is 0.398. The van der Waals surface area contributed by atoms with Crippen LogP contribution in [-0.4, -0.2) is 63.6 Å². The fourth-order valence-corrected chi connectivity index (χ4v) is 2.07. The number of carbonyl (C=O) groups excluding carboxylic acids is 2. The van der Waals surface area contributed by atoms with Gasteiger partial charge in [-0.2, -0.15) is 0 Å². The maximum absolute atomic E-state index is 11.4. The van der Waals surface area contributed by atoms with E-state index in [9.17, 15) is 9.59 Å². The van der Waals surface area contributed by atoms with Gasteiger partial charge in [0.15, 0.2) is 5.96 Å². The van der Waals surface area contributed by atoms with Crippen molar-refractivity contribution >= 4 is 17.8 Å². The van der Waals surface area contributed by atoms with Crippen molar-refractivity contribution in [3.63, 3.8) is 0 Å². The van der Waals surface area contributed by atoms with Crippen molar-refractivity contribution in [2.45, 2.75) is 12.8 Å². The van der Waals surface area contributed by atoms with Gasteiger partial charge >= 0.3 is 5.97 Å². The van der Waals surface area contributed by atoms with E-state index in [1.54, 1.807) is 14.1 Å². The molecule has 7 nitrogen and oxygen atoms in total. The van der Waals surface area contributed by atoms with E-state index in [2.05, 4.69) is 15.6 Å². The molecular formula is C12H22N4O3. The minimum Gasteiger partial charge on any atom is -0.469 e. The van der Waals surface area contributed by atoms with Gasteiger partial charge in [-0.3, -0.25) is 14.6 Å². The third-order valence-corrected chi connectivity index (χ3v) is 3.23. The van der Waals surface area contributed by atoms with Crippen LogP contribution in [0, 0.1) is 5.92 Å². The normalized spacial score (nSPS) is 17.0. The van der Waals surface area contributed by atoms with Gasteiger partial charge in [0.2, 0.25) is 5.91 Å². The zero-order valence-corrected chi connectivity index (χ0v) is 11.7. The van der Waals surface area contributed by atoms with E-state index in [1.165, 1.54) is 7.11 Å². The molecule has 108 valence electrons. The number of hydrogen-bond acceptors (Lipinski definition) is 4. The summed E-state index contributed by atoms with van der Waals surface area (Å²) < 4.78 is 4.75. The Morgan fingerprint density at radius 3 is 2.47 bits per heavy atom. The van der Waals surface area contributed by atoms with Crippen molar-refractivity contribution in [3.05, 3.63) is 0 Å². The lowest BCUT2D eigenvalue weighted by Gasteiger charge is -2.33. The molecule has 0 saturated carbocycles. The van der Waals surface area contributed by atoms with Crippen LogP contribution in [0.4, 0.5) is 0 Å². The first-order valence-corrected chi connectivity index (χ1v) is 6.36. The second kappa shape index (κ2) is 7.60. The molecule has 0 atom stereocenters. The number of likely N-dealkylation sites (N-methyl/N-ethyl adjacent to an activating group) is 1. The highest BCUT2D eigenvalue weighted by Gasteiger charge is 2.26. The fourth-order valence-electron chi connectivity index (χ4n) is 2.07. The van der Waals surface area contributed by atoms with Crippen LogP contribution in [0.1, 0.15) is 12.8 Å². The molecule has 1 amide bonds. The van der Waals surface area contributed by atoms with Gasteiger partial charge in [0.25, 0.3) is 0 Å². The smallest absolute Gasteiger partial charge is 0.308 e. The Bertz CT molecular complexity index is 349. The maximum atomic E-state index is 11.4. The Kier molecular flexibility index (Phi) is 6.11. The SMILES string of the molecule is CN=C(NCC(=O)NC)N1CCC(C(=O)OC)CC1. The number of amides is 1. The third-order valence-electron chi connectivity index (χ3n) is 3.23. The zero-order valence-electron chi connectivity index (χ0n) is 11.7. The molecule has 0 aliphatic carbocycles. The Hall–Kier alpha value is -1.79. The average Bonchev–Trinajstić information content (AvgIpc) is 2.47. The lowest BCUT2D eigenvalue weighted by molar-refractivity contribution is -0.146. The first-order valence-electron chi connectivity index (χ1n) is 6.36. The van der Waals surface area contributed by atoms with Crippen molar-refractivity contribution in [1.82, 2.24) is 15.5 Å². The summed E-state index contributed by atoms with van der Waals surface area (Å²) >= 11 is 0. The topological polar surface area (TPSA) is 83.0 Å². The highest BCUT2D eigenvalue weighted by atomic mass is 16.5. The molecule has 19 heavy (non-hydrogen) atoms. The minimum absolute atomic E-state index is 0.0294. The summed E-state index contributed by atoms with van der Waals surface area (Å²) in [5, 5.41) is 5.54. The summed E-state index contributed by atoms with van der Waals surface area (Å²) in [5.74, 6) is 0.420. The van der Waals surface area contributed by atoms with Crippen LogP contribution in [0.25, 0.3) is 0 Å². The molecule has 0 bridgehead atoms. The van der Waals surface area contributed by atoms with E-state index >= 15 is 0 Å². The molecule has 1 fully saturated rings. The van der Waals surface area contributed by atoms with E-state index in [4.69, 9.17) is 4.74 Å². The number of methoxy groups -OCH3 is 1. The average molecular weight is 270 g/mol. The van der Waals surface area contributed by atoms with Crippen LogP contribution in [0.5, 0.6) is 0 Å². The highest BCUT2D eigenvalue weighted by Crippen LogP contribution is 2.18. The number of guanidine groups is 1. The Morgan fingerprint density at radius 1 is 1.37 bits per heavy atom. The first kappa shape index (κ1) is 15.3. The number of likely N-dealkylation sites (tertiary alicyclic amines) is 1. The molecule has 0 spiro atoms. The third kappa shape index (κ3) is 4.42. The van der Waals surface area contributed by atoms with Crippen molar-refractivity contribution in [1.29, 1.82) is 0 Å².